The van der Waals surface area contributed by atoms with Crippen molar-refractivity contribution in [3.63, 3.8) is 0 Å². The highest BCUT2D eigenvalue weighted by atomic mass is 35.5. The van der Waals surface area contributed by atoms with E-state index in [0.29, 0.717) is 28.0 Å². The van der Waals surface area contributed by atoms with E-state index in [2.05, 4.69) is 11.0 Å². The molecule has 2 heterocycles. The Labute approximate surface area is 162 Å². The molecule has 1 N–H and O–H groups in total. The minimum Gasteiger partial charge on any atom is -0.454 e. The third-order valence-electron chi connectivity index (χ3n) is 4.36. The van der Waals surface area contributed by atoms with Gasteiger partial charge in [0, 0.05) is 10.6 Å². The Hall–Kier alpha value is -1.58. The van der Waals surface area contributed by atoms with E-state index in [4.69, 9.17) is 45.1 Å². The van der Waals surface area contributed by atoms with E-state index < -0.39 is 0 Å². The van der Waals surface area contributed by atoms with Gasteiger partial charge in [0.1, 0.15) is 10.7 Å². The fourth-order valence-electron chi connectivity index (χ4n) is 2.95. The maximum Gasteiger partial charge on any atom is 0.162 e. The maximum atomic E-state index is 8.69. The molecule has 7 heteroatoms. The van der Waals surface area contributed by atoms with Crippen molar-refractivity contribution in [1.29, 1.82) is 5.26 Å². The summed E-state index contributed by atoms with van der Waals surface area (Å²) in [6, 6.07) is 11.3. The van der Waals surface area contributed by atoms with Crippen LogP contribution in [0, 0.1) is 11.3 Å². The van der Waals surface area contributed by atoms with Crippen molar-refractivity contribution in [2.45, 2.75) is 6.42 Å². The predicted molar refractivity (Wildman–Crippen MR) is 103 cm³/mol. The van der Waals surface area contributed by atoms with E-state index in [1.54, 1.807) is 12.1 Å². The molecule has 130 valence electrons. The summed E-state index contributed by atoms with van der Waals surface area (Å²) in [5.74, 6) is 1.36. The van der Waals surface area contributed by atoms with Gasteiger partial charge in [0.2, 0.25) is 0 Å². The summed E-state index contributed by atoms with van der Waals surface area (Å²) in [7, 11) is 0. The van der Waals surface area contributed by atoms with Gasteiger partial charge in [0.15, 0.2) is 5.76 Å². The molecule has 0 atom stereocenters. The topological polar surface area (TPSA) is 44.6 Å². The molecule has 4 nitrogen and oxygen atoms in total. The van der Waals surface area contributed by atoms with Crippen LogP contribution in [-0.4, -0.2) is 42.6 Å². The molecule has 0 radical (unpaired) electrons. The lowest BCUT2D eigenvalue weighted by atomic mass is 10.2. The summed E-state index contributed by atoms with van der Waals surface area (Å²) in [5, 5.41) is 9.83. The largest absolute Gasteiger partial charge is 0.454 e. The van der Waals surface area contributed by atoms with E-state index in [1.165, 1.54) is 4.90 Å². The van der Waals surface area contributed by atoms with Crippen molar-refractivity contribution in [3.8, 4) is 17.4 Å². The third kappa shape index (κ3) is 4.34. The number of halogens is 2. The average molecular weight is 395 g/mol. The number of furan rings is 1. The van der Waals surface area contributed by atoms with Crippen molar-refractivity contribution < 1.29 is 9.32 Å². The molecule has 25 heavy (non-hydrogen) atoms. The normalized spacial score (nSPS) is 15.2. The summed E-state index contributed by atoms with van der Waals surface area (Å²) in [4.78, 5) is 4.33. The number of piperazine rings is 1. The van der Waals surface area contributed by atoms with Crippen LogP contribution in [0.3, 0.4) is 0 Å². The predicted octanol–water partition coefficient (Wildman–Crippen LogP) is 3.04. The molecule has 0 unspecified atom stereocenters. The Balaban J connectivity index is 1.66. The SMILES string of the molecule is N#CCC[NH+]1CCN(C(=S)c2ccc(-c3ccc(Cl)cc3Cl)o2)CC1. The molecule has 1 aromatic heterocycles. The minimum absolute atomic E-state index is 0.550. The third-order valence-corrected chi connectivity index (χ3v) is 5.37. The second-order valence-electron chi connectivity index (χ2n) is 5.99. The zero-order valence-corrected chi connectivity index (χ0v) is 15.9. The first-order valence-corrected chi connectivity index (χ1v) is 9.30. The van der Waals surface area contributed by atoms with Crippen LogP contribution in [0.25, 0.3) is 11.3 Å². The number of quaternary nitrogens is 1. The van der Waals surface area contributed by atoms with E-state index in [-0.39, 0.29) is 0 Å². The molecule has 3 rings (SSSR count). The van der Waals surface area contributed by atoms with Gasteiger partial charge in [-0.05, 0) is 30.3 Å². The number of rotatable bonds is 4. The zero-order chi connectivity index (χ0) is 17.8. The highest BCUT2D eigenvalue weighted by Gasteiger charge is 2.23. The number of benzene rings is 1. The minimum atomic E-state index is 0.550. The van der Waals surface area contributed by atoms with Gasteiger partial charge in [-0.2, -0.15) is 5.26 Å². The molecule has 2 aromatic rings. The molecule has 1 aromatic carbocycles. The second-order valence-corrected chi connectivity index (χ2v) is 7.22. The highest BCUT2D eigenvalue weighted by Crippen LogP contribution is 2.31. The number of nitrogens with zero attached hydrogens (tertiary/aromatic N) is 2. The summed E-state index contributed by atoms with van der Waals surface area (Å²) >= 11 is 17.8. The van der Waals surface area contributed by atoms with E-state index in [9.17, 15) is 0 Å². The summed E-state index contributed by atoms with van der Waals surface area (Å²) in [5.41, 5.74) is 0.797. The first-order valence-electron chi connectivity index (χ1n) is 8.13. The maximum absolute atomic E-state index is 8.69. The number of thiocarbonyl (C=S) groups is 1. The van der Waals surface area contributed by atoms with Crippen LogP contribution in [-0.2, 0) is 0 Å². The number of nitriles is 1. The van der Waals surface area contributed by atoms with Crippen LogP contribution in [0.15, 0.2) is 34.7 Å². The molecule has 0 spiro atoms. The fourth-order valence-corrected chi connectivity index (χ4v) is 3.75. The Morgan fingerprint density at radius 1 is 1.24 bits per heavy atom. The zero-order valence-electron chi connectivity index (χ0n) is 13.6. The molecule has 1 fully saturated rings. The average Bonchev–Trinajstić information content (AvgIpc) is 3.09. The summed E-state index contributed by atoms with van der Waals surface area (Å²) in [6.45, 7) is 4.61. The van der Waals surface area contributed by atoms with Crippen molar-refractivity contribution in [2.75, 3.05) is 32.7 Å². The van der Waals surface area contributed by atoms with Crippen LogP contribution in [0.5, 0.6) is 0 Å². The fraction of sp³-hybridized carbons (Fsp3) is 0.333. The standard InChI is InChI=1S/C18H17Cl2N3OS/c19-13-2-3-14(15(20)12-13)16-4-5-17(24-16)18(25)23-10-8-22(9-11-23)7-1-6-21/h2-5,12H,1,7-11H2/p+1. The van der Waals surface area contributed by atoms with E-state index in [1.807, 2.05) is 18.2 Å². The molecular weight excluding hydrogens is 377 g/mol. The van der Waals surface area contributed by atoms with Crippen molar-refractivity contribution >= 4 is 40.4 Å². The van der Waals surface area contributed by atoms with Gasteiger partial charge < -0.3 is 14.2 Å². The Bertz CT molecular complexity index is 807. The Morgan fingerprint density at radius 2 is 2.00 bits per heavy atom. The number of hydrogen-bond donors (Lipinski definition) is 1. The van der Waals surface area contributed by atoms with Crippen LogP contribution in [0.2, 0.25) is 10.0 Å². The van der Waals surface area contributed by atoms with E-state index >= 15 is 0 Å². The van der Waals surface area contributed by atoms with Gasteiger partial charge in [-0.25, -0.2) is 0 Å². The Morgan fingerprint density at radius 3 is 2.68 bits per heavy atom. The second kappa shape index (κ2) is 8.20. The van der Waals surface area contributed by atoms with Gasteiger partial charge in [-0.3, -0.25) is 0 Å². The van der Waals surface area contributed by atoms with Crippen molar-refractivity contribution in [1.82, 2.24) is 4.90 Å². The van der Waals surface area contributed by atoms with Gasteiger partial charge in [0.25, 0.3) is 0 Å². The summed E-state index contributed by atoms with van der Waals surface area (Å²) < 4.78 is 5.94. The molecule has 0 saturated carbocycles. The quantitative estimate of drug-likeness (QED) is 0.809. The first-order chi connectivity index (χ1) is 12.1. The van der Waals surface area contributed by atoms with Crippen LogP contribution < -0.4 is 4.90 Å². The molecule has 0 amide bonds. The van der Waals surface area contributed by atoms with E-state index in [0.717, 1.165) is 43.3 Å². The molecule has 1 aliphatic heterocycles. The van der Waals surface area contributed by atoms with Gasteiger partial charge in [0.05, 0.1) is 50.2 Å². The molecule has 0 aliphatic carbocycles. The van der Waals surface area contributed by atoms with Crippen molar-refractivity contribution in [2.24, 2.45) is 0 Å². The highest BCUT2D eigenvalue weighted by molar-refractivity contribution is 7.80. The monoisotopic (exact) mass is 394 g/mol. The lowest BCUT2D eigenvalue weighted by molar-refractivity contribution is -0.903. The molecule has 0 bridgehead atoms. The number of hydrogen-bond acceptors (Lipinski definition) is 3. The molecular formula is C18H18Cl2N3OS+. The smallest absolute Gasteiger partial charge is 0.162 e. The number of nitrogens with one attached hydrogen (secondary N) is 1. The van der Waals surface area contributed by atoms with Crippen LogP contribution in [0.4, 0.5) is 0 Å². The van der Waals surface area contributed by atoms with Gasteiger partial charge in [-0.1, -0.05) is 35.4 Å². The van der Waals surface area contributed by atoms with Gasteiger partial charge >= 0.3 is 0 Å². The molecule has 1 saturated heterocycles. The lowest BCUT2D eigenvalue weighted by Crippen LogP contribution is -3.14. The van der Waals surface area contributed by atoms with Crippen LogP contribution in [0.1, 0.15) is 12.2 Å². The van der Waals surface area contributed by atoms with Crippen LogP contribution >= 0.6 is 35.4 Å². The van der Waals surface area contributed by atoms with Crippen molar-refractivity contribution in [3.05, 3.63) is 46.1 Å². The lowest BCUT2D eigenvalue weighted by Gasteiger charge is -2.32. The first kappa shape index (κ1) is 18.2. The van der Waals surface area contributed by atoms with Gasteiger partial charge in [-0.15, -0.1) is 0 Å². The molecule has 1 aliphatic rings. The Kier molecular flexibility index (Phi) is 5.98. The summed E-state index contributed by atoms with van der Waals surface area (Å²) in [6.07, 6.45) is 0.600.